The minimum Gasteiger partial charge on any atom is -0.461 e. The summed E-state index contributed by atoms with van der Waals surface area (Å²) in [5, 5.41) is 3.88. The normalized spacial score (nSPS) is 14.5. The Labute approximate surface area is 162 Å². The third-order valence-electron chi connectivity index (χ3n) is 5.00. The average Bonchev–Trinajstić information content (AvgIpc) is 3.40. The predicted molar refractivity (Wildman–Crippen MR) is 101 cm³/mol. The van der Waals surface area contributed by atoms with Gasteiger partial charge in [0.15, 0.2) is 5.76 Å². The molecule has 0 N–H and O–H groups in total. The maximum absolute atomic E-state index is 12.5. The molecule has 1 fully saturated rings. The van der Waals surface area contributed by atoms with E-state index >= 15 is 0 Å². The van der Waals surface area contributed by atoms with Gasteiger partial charge in [0.2, 0.25) is 17.6 Å². The number of amides is 1. The Balaban J connectivity index is 1.29. The first-order valence-corrected chi connectivity index (χ1v) is 9.29. The maximum Gasteiger partial charge on any atom is 0.238 e. The van der Waals surface area contributed by atoms with Crippen molar-refractivity contribution in [1.82, 2.24) is 25.0 Å². The fraction of sp³-hybridized carbons (Fsp3) is 0.421. The van der Waals surface area contributed by atoms with Crippen molar-refractivity contribution in [3.05, 3.63) is 41.9 Å². The minimum absolute atomic E-state index is 0.0907. The second-order valence-electron chi connectivity index (χ2n) is 6.76. The Bertz CT molecular complexity index is 944. The van der Waals surface area contributed by atoms with Crippen LogP contribution in [0.1, 0.15) is 23.6 Å². The molecule has 0 atom stereocenters. The van der Waals surface area contributed by atoms with Crippen molar-refractivity contribution < 1.29 is 13.7 Å². The average molecular weight is 382 g/mol. The zero-order chi connectivity index (χ0) is 19.5. The number of hydrogen-bond donors (Lipinski definition) is 0. The molecule has 0 radical (unpaired) electrons. The van der Waals surface area contributed by atoms with E-state index in [-0.39, 0.29) is 5.91 Å². The Morgan fingerprint density at radius 3 is 2.75 bits per heavy atom. The summed E-state index contributed by atoms with van der Waals surface area (Å²) in [6.07, 6.45) is 3.90. The Hall–Kier alpha value is -3.23. The number of rotatable bonds is 5. The first-order valence-electron chi connectivity index (χ1n) is 9.29. The second kappa shape index (κ2) is 7.79. The summed E-state index contributed by atoms with van der Waals surface area (Å²) in [4.78, 5) is 29.5. The lowest BCUT2D eigenvalue weighted by atomic mass is 10.2. The summed E-state index contributed by atoms with van der Waals surface area (Å²) >= 11 is 0. The van der Waals surface area contributed by atoms with Crippen molar-refractivity contribution in [2.45, 2.75) is 26.7 Å². The summed E-state index contributed by atoms with van der Waals surface area (Å²) in [6.45, 7) is 6.86. The van der Waals surface area contributed by atoms with Gasteiger partial charge in [-0.05, 0) is 26.0 Å². The van der Waals surface area contributed by atoms with E-state index < -0.39 is 0 Å². The predicted octanol–water partition coefficient (Wildman–Crippen LogP) is 2.02. The van der Waals surface area contributed by atoms with Crippen molar-refractivity contribution in [3.63, 3.8) is 0 Å². The van der Waals surface area contributed by atoms with Crippen LogP contribution in [0.5, 0.6) is 0 Å². The lowest BCUT2D eigenvalue weighted by Crippen LogP contribution is -2.49. The molecule has 1 aliphatic rings. The summed E-state index contributed by atoms with van der Waals surface area (Å²) in [7, 11) is 0. The highest BCUT2D eigenvalue weighted by Gasteiger charge is 2.23. The van der Waals surface area contributed by atoms with E-state index in [0.29, 0.717) is 43.4 Å². The number of anilines is 1. The van der Waals surface area contributed by atoms with Crippen LogP contribution in [0.2, 0.25) is 0 Å². The highest BCUT2D eigenvalue weighted by atomic mass is 16.5. The van der Waals surface area contributed by atoms with E-state index in [0.717, 1.165) is 30.2 Å². The molecule has 0 spiro atoms. The number of nitrogens with zero attached hydrogens (tertiary/aromatic N) is 6. The first-order chi connectivity index (χ1) is 13.6. The van der Waals surface area contributed by atoms with Crippen LogP contribution in [-0.4, -0.2) is 57.1 Å². The van der Waals surface area contributed by atoms with Crippen LogP contribution in [0.3, 0.4) is 0 Å². The molecule has 3 aromatic heterocycles. The molecular weight excluding hydrogens is 360 g/mol. The largest absolute Gasteiger partial charge is 0.461 e. The van der Waals surface area contributed by atoms with Gasteiger partial charge < -0.3 is 18.7 Å². The second-order valence-corrected chi connectivity index (χ2v) is 6.76. The molecule has 0 aliphatic carbocycles. The zero-order valence-electron chi connectivity index (χ0n) is 16.0. The molecule has 0 unspecified atom stereocenters. The van der Waals surface area contributed by atoms with Gasteiger partial charge in [0.05, 0.1) is 6.26 Å². The molecule has 28 heavy (non-hydrogen) atoms. The number of piperazine rings is 1. The maximum atomic E-state index is 12.5. The van der Waals surface area contributed by atoms with Crippen molar-refractivity contribution >= 4 is 11.7 Å². The summed E-state index contributed by atoms with van der Waals surface area (Å²) in [5.41, 5.74) is 2.07. The van der Waals surface area contributed by atoms with Crippen LogP contribution in [0.4, 0.5) is 5.82 Å². The van der Waals surface area contributed by atoms with E-state index in [9.17, 15) is 4.79 Å². The van der Waals surface area contributed by atoms with Crippen LogP contribution >= 0.6 is 0 Å². The molecule has 0 bridgehead atoms. The van der Waals surface area contributed by atoms with Gasteiger partial charge in [-0.2, -0.15) is 4.98 Å². The highest BCUT2D eigenvalue weighted by molar-refractivity contribution is 5.76. The Morgan fingerprint density at radius 2 is 2.00 bits per heavy atom. The van der Waals surface area contributed by atoms with Gasteiger partial charge in [-0.25, -0.2) is 9.97 Å². The molecule has 4 heterocycles. The molecule has 0 saturated carbocycles. The van der Waals surface area contributed by atoms with Crippen molar-refractivity contribution in [1.29, 1.82) is 0 Å². The molecule has 4 rings (SSSR count). The van der Waals surface area contributed by atoms with E-state index in [1.165, 1.54) is 0 Å². The van der Waals surface area contributed by atoms with Gasteiger partial charge in [-0.15, -0.1) is 0 Å². The lowest BCUT2D eigenvalue weighted by Gasteiger charge is -2.36. The molecule has 3 aromatic rings. The summed E-state index contributed by atoms with van der Waals surface area (Å²) < 4.78 is 10.5. The van der Waals surface area contributed by atoms with Crippen LogP contribution < -0.4 is 4.90 Å². The van der Waals surface area contributed by atoms with Gasteiger partial charge in [0.25, 0.3) is 0 Å². The molecule has 146 valence electrons. The van der Waals surface area contributed by atoms with Crippen LogP contribution in [0.25, 0.3) is 11.6 Å². The Morgan fingerprint density at radius 1 is 1.18 bits per heavy atom. The smallest absolute Gasteiger partial charge is 0.238 e. The first kappa shape index (κ1) is 18.1. The number of carbonyl (C=O) groups is 1. The molecular formula is C19H22N6O3. The summed E-state index contributed by atoms with van der Waals surface area (Å²) in [6, 6.07) is 3.53. The van der Waals surface area contributed by atoms with Gasteiger partial charge in [0.1, 0.15) is 12.1 Å². The monoisotopic (exact) mass is 382 g/mol. The number of aromatic nitrogens is 4. The number of furan rings is 1. The van der Waals surface area contributed by atoms with Gasteiger partial charge in [0, 0.05) is 50.3 Å². The number of hydrogen-bond acceptors (Lipinski definition) is 8. The van der Waals surface area contributed by atoms with Crippen LogP contribution in [0.15, 0.2) is 33.7 Å². The highest BCUT2D eigenvalue weighted by Crippen LogP contribution is 2.20. The quantitative estimate of drug-likeness (QED) is 0.660. The third-order valence-corrected chi connectivity index (χ3v) is 5.00. The van der Waals surface area contributed by atoms with Crippen molar-refractivity contribution in [2.24, 2.45) is 0 Å². The van der Waals surface area contributed by atoms with Gasteiger partial charge in [-0.3, -0.25) is 4.79 Å². The van der Waals surface area contributed by atoms with E-state index in [2.05, 4.69) is 25.0 Å². The van der Waals surface area contributed by atoms with E-state index in [1.54, 1.807) is 24.7 Å². The van der Waals surface area contributed by atoms with Gasteiger partial charge >= 0.3 is 0 Å². The Kier molecular flexibility index (Phi) is 5.05. The van der Waals surface area contributed by atoms with Crippen molar-refractivity contribution in [3.8, 4) is 11.6 Å². The third kappa shape index (κ3) is 3.73. The SMILES string of the molecule is Cc1ncnc(N2CCN(C(=O)CCc3nc(-c4ccco4)no3)CC2)c1C. The van der Waals surface area contributed by atoms with E-state index in [1.807, 2.05) is 18.7 Å². The topological polar surface area (TPSA) is 101 Å². The van der Waals surface area contributed by atoms with Crippen LogP contribution in [0, 0.1) is 13.8 Å². The molecule has 9 nitrogen and oxygen atoms in total. The van der Waals surface area contributed by atoms with E-state index in [4.69, 9.17) is 8.94 Å². The fourth-order valence-electron chi connectivity index (χ4n) is 3.25. The zero-order valence-corrected chi connectivity index (χ0v) is 16.0. The molecule has 1 saturated heterocycles. The number of aryl methyl sites for hydroxylation is 2. The lowest BCUT2D eigenvalue weighted by molar-refractivity contribution is -0.131. The summed E-state index contributed by atoms with van der Waals surface area (Å²) in [5.74, 6) is 2.43. The molecule has 1 aliphatic heterocycles. The molecule has 1 amide bonds. The molecule has 0 aromatic carbocycles. The van der Waals surface area contributed by atoms with Crippen LogP contribution in [-0.2, 0) is 11.2 Å². The molecule has 9 heteroatoms. The van der Waals surface area contributed by atoms with Gasteiger partial charge in [-0.1, -0.05) is 5.16 Å². The van der Waals surface area contributed by atoms with Crippen molar-refractivity contribution in [2.75, 3.05) is 31.1 Å². The fourth-order valence-corrected chi connectivity index (χ4v) is 3.25. The standard InChI is InChI=1S/C19H22N6O3/c1-13-14(2)20-12-21-19(13)25-9-7-24(8-10-25)17(26)6-5-16-22-18(23-28-16)15-4-3-11-27-15/h3-4,11-12H,5-10H2,1-2H3. The number of carbonyl (C=O) groups excluding carboxylic acids is 1. The minimum atomic E-state index is 0.0907.